The highest BCUT2D eigenvalue weighted by Gasteiger charge is 2.11. The Morgan fingerprint density at radius 2 is 1.28 bits per heavy atom. The first-order chi connectivity index (χ1) is 15.5. The lowest BCUT2D eigenvalue weighted by molar-refractivity contribution is 0.340. The summed E-state index contributed by atoms with van der Waals surface area (Å²) in [5.74, 6) is 1.03. The molecule has 2 aromatic carbocycles. The molecule has 0 unspecified atom stereocenters. The zero-order valence-electron chi connectivity index (χ0n) is 17.8. The van der Waals surface area contributed by atoms with E-state index in [1.165, 1.54) is 51.9 Å². The number of hydrogen-bond donors (Lipinski definition) is 3. The lowest BCUT2D eigenvalue weighted by Crippen LogP contribution is -2.00. The van der Waals surface area contributed by atoms with Crippen LogP contribution in [0.5, 0.6) is 34.5 Å². The van der Waals surface area contributed by atoms with Crippen molar-refractivity contribution in [1.29, 1.82) is 0 Å². The van der Waals surface area contributed by atoms with Gasteiger partial charge >= 0.3 is 0 Å². The fraction of sp³-hybridized carbons (Fsp3) is 0.200. The molecule has 0 saturated carbocycles. The van der Waals surface area contributed by atoms with Gasteiger partial charge in [-0.1, -0.05) is 0 Å². The van der Waals surface area contributed by atoms with Crippen LogP contribution in [0.15, 0.2) is 40.8 Å². The first-order valence-corrected chi connectivity index (χ1v) is 9.14. The number of aromatic nitrogens is 3. The van der Waals surface area contributed by atoms with Crippen molar-refractivity contribution in [3.8, 4) is 34.5 Å². The number of hydrogen-bond acceptors (Lipinski definition) is 11. The molecule has 1 heterocycles. The van der Waals surface area contributed by atoms with Crippen molar-refractivity contribution in [1.82, 2.24) is 14.9 Å². The van der Waals surface area contributed by atoms with Crippen molar-refractivity contribution >= 4 is 18.4 Å². The molecule has 0 aliphatic rings. The molecular weight excluding hydrogens is 420 g/mol. The molecule has 3 N–H and O–H groups in total. The number of benzene rings is 2. The monoisotopic (exact) mass is 442 g/mol. The standard InChI is InChI=1S/C20H22N6O6/c1-29-14-5-12(6-15(30-2)18(14)27)9-21-24-20-25-22-11-26(20)23-10-13-7-16(31-3)19(28)17(8-13)32-4/h5-11,27-28H,1-4H3,(H,24,25). The first kappa shape index (κ1) is 22.2. The van der Waals surface area contributed by atoms with E-state index in [1.807, 2.05) is 0 Å². The lowest BCUT2D eigenvalue weighted by Gasteiger charge is -2.09. The number of methoxy groups -OCH3 is 4. The Bertz CT molecular complexity index is 1090. The van der Waals surface area contributed by atoms with Gasteiger partial charge in [0.25, 0.3) is 5.95 Å². The van der Waals surface area contributed by atoms with Crippen molar-refractivity contribution in [2.75, 3.05) is 33.9 Å². The van der Waals surface area contributed by atoms with Crippen molar-refractivity contribution in [2.24, 2.45) is 10.2 Å². The number of ether oxygens (including phenoxy) is 4. The number of phenols is 2. The zero-order valence-corrected chi connectivity index (χ0v) is 17.8. The summed E-state index contributed by atoms with van der Waals surface area (Å²) in [6.07, 6.45) is 4.39. The van der Waals surface area contributed by atoms with E-state index in [4.69, 9.17) is 18.9 Å². The maximum absolute atomic E-state index is 10.0. The zero-order chi connectivity index (χ0) is 23.1. The minimum absolute atomic E-state index is 0.100. The molecule has 12 nitrogen and oxygen atoms in total. The van der Waals surface area contributed by atoms with Crippen LogP contribution in [0.25, 0.3) is 0 Å². The van der Waals surface area contributed by atoms with Gasteiger partial charge in [-0.25, -0.2) is 5.43 Å². The molecule has 32 heavy (non-hydrogen) atoms. The van der Waals surface area contributed by atoms with E-state index in [0.29, 0.717) is 11.1 Å². The molecule has 0 atom stereocenters. The molecule has 0 spiro atoms. The van der Waals surface area contributed by atoms with Gasteiger partial charge in [0.1, 0.15) is 6.33 Å². The van der Waals surface area contributed by atoms with E-state index in [-0.39, 0.29) is 40.4 Å². The molecule has 0 amide bonds. The molecule has 0 aliphatic heterocycles. The Kier molecular flexibility index (Phi) is 6.95. The Morgan fingerprint density at radius 3 is 1.75 bits per heavy atom. The van der Waals surface area contributed by atoms with Crippen LogP contribution in [-0.4, -0.2) is 66.0 Å². The van der Waals surface area contributed by atoms with Crippen LogP contribution in [0, 0.1) is 0 Å². The molecule has 168 valence electrons. The molecule has 0 saturated heterocycles. The summed E-state index contributed by atoms with van der Waals surface area (Å²) in [5.41, 5.74) is 3.96. The van der Waals surface area contributed by atoms with Crippen LogP contribution >= 0.6 is 0 Å². The van der Waals surface area contributed by atoms with Gasteiger partial charge < -0.3 is 29.2 Å². The van der Waals surface area contributed by atoms with Crippen LogP contribution in [0.1, 0.15) is 11.1 Å². The molecule has 3 rings (SSSR count). The van der Waals surface area contributed by atoms with E-state index in [0.717, 1.165) is 0 Å². The summed E-state index contributed by atoms with van der Waals surface area (Å²) in [6, 6.07) is 6.39. The van der Waals surface area contributed by atoms with E-state index >= 15 is 0 Å². The Labute approximate surface area is 183 Å². The Hall–Kier alpha value is -4.48. The second kappa shape index (κ2) is 10.0. The van der Waals surface area contributed by atoms with Gasteiger partial charge in [0, 0.05) is 11.1 Å². The number of aromatic hydroxyl groups is 2. The van der Waals surface area contributed by atoms with Crippen molar-refractivity contribution in [3.63, 3.8) is 0 Å². The topological polar surface area (TPSA) is 145 Å². The average molecular weight is 442 g/mol. The smallest absolute Gasteiger partial charge is 0.265 e. The first-order valence-electron chi connectivity index (χ1n) is 9.14. The number of hydrazone groups is 1. The molecule has 0 bridgehead atoms. The van der Waals surface area contributed by atoms with Crippen LogP contribution in [0.2, 0.25) is 0 Å². The Morgan fingerprint density at radius 1 is 0.812 bits per heavy atom. The van der Waals surface area contributed by atoms with Crippen LogP contribution in [-0.2, 0) is 0 Å². The van der Waals surface area contributed by atoms with Crippen LogP contribution < -0.4 is 24.4 Å². The average Bonchev–Trinajstić information content (AvgIpc) is 3.26. The maximum Gasteiger partial charge on any atom is 0.265 e. The third kappa shape index (κ3) is 4.80. The number of nitrogens with zero attached hydrogens (tertiary/aromatic N) is 5. The molecule has 1 aromatic heterocycles. The predicted molar refractivity (Wildman–Crippen MR) is 117 cm³/mol. The summed E-state index contributed by atoms with van der Waals surface area (Å²) < 4.78 is 21.9. The minimum Gasteiger partial charge on any atom is -0.502 e. The highest BCUT2D eigenvalue weighted by atomic mass is 16.5. The molecule has 12 heteroatoms. The minimum atomic E-state index is -0.101. The fourth-order valence-corrected chi connectivity index (χ4v) is 2.66. The van der Waals surface area contributed by atoms with E-state index in [1.54, 1.807) is 24.3 Å². The van der Waals surface area contributed by atoms with Gasteiger partial charge in [-0.15, -0.1) is 10.2 Å². The van der Waals surface area contributed by atoms with Gasteiger partial charge in [-0.3, -0.25) is 0 Å². The third-order valence-electron chi connectivity index (χ3n) is 4.24. The third-order valence-corrected chi connectivity index (χ3v) is 4.24. The van der Waals surface area contributed by atoms with Gasteiger partial charge in [0.05, 0.1) is 40.9 Å². The highest BCUT2D eigenvalue weighted by Crippen LogP contribution is 2.37. The largest absolute Gasteiger partial charge is 0.502 e. The number of phenolic OH excluding ortho intramolecular Hbond substituents is 2. The summed E-state index contributed by atoms with van der Waals surface area (Å²) in [5, 5.41) is 36.1. The normalized spacial score (nSPS) is 11.1. The molecular formula is C20H22N6O6. The predicted octanol–water partition coefficient (Wildman–Crippen LogP) is 2.05. The molecule has 0 fully saturated rings. The van der Waals surface area contributed by atoms with E-state index in [9.17, 15) is 10.2 Å². The van der Waals surface area contributed by atoms with Gasteiger partial charge in [0.15, 0.2) is 23.0 Å². The second-order valence-corrected chi connectivity index (χ2v) is 6.16. The maximum atomic E-state index is 10.0. The second-order valence-electron chi connectivity index (χ2n) is 6.16. The SMILES string of the molecule is COc1cc(C=NNc2nncn2N=Cc2cc(OC)c(O)c(OC)c2)cc(OC)c1O. The number of anilines is 1. The van der Waals surface area contributed by atoms with Gasteiger partial charge in [0.2, 0.25) is 11.5 Å². The van der Waals surface area contributed by atoms with Crippen molar-refractivity contribution < 1.29 is 29.2 Å². The summed E-state index contributed by atoms with van der Waals surface area (Å²) in [7, 11) is 5.75. The number of nitrogens with one attached hydrogen (secondary N) is 1. The highest BCUT2D eigenvalue weighted by molar-refractivity contribution is 5.83. The quantitative estimate of drug-likeness (QED) is 0.335. The van der Waals surface area contributed by atoms with Gasteiger partial charge in [-0.2, -0.15) is 14.9 Å². The van der Waals surface area contributed by atoms with Crippen molar-refractivity contribution in [2.45, 2.75) is 0 Å². The number of rotatable bonds is 9. The van der Waals surface area contributed by atoms with E-state index in [2.05, 4.69) is 25.8 Å². The summed E-state index contributed by atoms with van der Waals surface area (Å²) in [6.45, 7) is 0. The van der Waals surface area contributed by atoms with Crippen LogP contribution in [0.4, 0.5) is 5.95 Å². The molecule has 0 radical (unpaired) electrons. The van der Waals surface area contributed by atoms with Crippen LogP contribution in [0.3, 0.4) is 0 Å². The molecule has 0 aliphatic carbocycles. The lowest BCUT2D eigenvalue weighted by atomic mass is 10.2. The Balaban J connectivity index is 1.77. The summed E-state index contributed by atoms with van der Waals surface area (Å²) in [4.78, 5) is 0. The van der Waals surface area contributed by atoms with Crippen molar-refractivity contribution in [3.05, 3.63) is 41.7 Å². The van der Waals surface area contributed by atoms with Gasteiger partial charge in [-0.05, 0) is 24.3 Å². The van der Waals surface area contributed by atoms with E-state index < -0.39 is 0 Å². The summed E-state index contributed by atoms with van der Waals surface area (Å²) >= 11 is 0. The molecule has 3 aromatic rings. The fourth-order valence-electron chi connectivity index (χ4n) is 2.66.